The topological polar surface area (TPSA) is 64.3 Å². The number of rotatable bonds is 4. The summed E-state index contributed by atoms with van der Waals surface area (Å²) in [4.78, 5) is 12.8. The van der Waals surface area contributed by atoms with Gasteiger partial charge in [0.2, 0.25) is 0 Å². The van der Waals surface area contributed by atoms with E-state index in [9.17, 15) is 4.79 Å². The largest absolute Gasteiger partial charge is 0.493 e. The number of methoxy groups -OCH3 is 1. The number of nitrogens with two attached hydrogens (primary N) is 1. The zero-order chi connectivity index (χ0) is 19.2. The van der Waals surface area contributed by atoms with Crippen LogP contribution >= 0.6 is 0 Å². The number of nitrogens with one attached hydrogen (secondary N) is 1. The number of nitrogen functional groups attached to an aromatic ring is 1. The van der Waals surface area contributed by atoms with Crippen LogP contribution in [0.2, 0.25) is 0 Å². The minimum atomic E-state index is -0.709. The SMILES string of the molecule is COc1c(-c2ccccc2)cc(N)c(C(=O)NC2CCCCCCC2)c1F. The van der Waals surface area contributed by atoms with Crippen molar-refractivity contribution in [2.45, 2.75) is 51.0 Å². The van der Waals surface area contributed by atoms with Crippen molar-refractivity contribution >= 4 is 11.6 Å². The summed E-state index contributed by atoms with van der Waals surface area (Å²) < 4.78 is 20.5. The average Bonchev–Trinajstić information content (AvgIpc) is 2.64. The molecule has 2 aromatic carbocycles. The van der Waals surface area contributed by atoms with Gasteiger partial charge in [-0.3, -0.25) is 4.79 Å². The van der Waals surface area contributed by atoms with E-state index in [1.165, 1.54) is 26.4 Å². The first-order valence-corrected chi connectivity index (χ1v) is 9.64. The predicted octanol–water partition coefficient (Wildman–Crippen LogP) is 4.93. The van der Waals surface area contributed by atoms with E-state index in [-0.39, 0.29) is 23.0 Å². The zero-order valence-corrected chi connectivity index (χ0v) is 15.8. The quantitative estimate of drug-likeness (QED) is 0.750. The fraction of sp³-hybridized carbons (Fsp3) is 0.409. The van der Waals surface area contributed by atoms with E-state index in [0.717, 1.165) is 31.2 Å². The molecule has 0 atom stereocenters. The molecule has 0 saturated heterocycles. The van der Waals surface area contributed by atoms with Gasteiger partial charge in [-0.05, 0) is 24.5 Å². The van der Waals surface area contributed by atoms with Crippen LogP contribution < -0.4 is 15.8 Å². The van der Waals surface area contributed by atoms with Crippen LogP contribution in [-0.2, 0) is 0 Å². The van der Waals surface area contributed by atoms with Gasteiger partial charge in [0.15, 0.2) is 11.6 Å². The molecular weight excluding hydrogens is 343 g/mol. The first-order chi connectivity index (χ1) is 13.1. The molecule has 27 heavy (non-hydrogen) atoms. The molecule has 3 rings (SSSR count). The Morgan fingerprint density at radius 2 is 1.74 bits per heavy atom. The fourth-order valence-electron chi connectivity index (χ4n) is 3.77. The number of hydrogen-bond donors (Lipinski definition) is 2. The van der Waals surface area contributed by atoms with Crippen molar-refractivity contribution < 1.29 is 13.9 Å². The summed E-state index contributed by atoms with van der Waals surface area (Å²) in [7, 11) is 1.40. The first kappa shape index (κ1) is 19.2. The van der Waals surface area contributed by atoms with Crippen LogP contribution in [-0.4, -0.2) is 19.1 Å². The molecule has 0 spiro atoms. The van der Waals surface area contributed by atoms with E-state index >= 15 is 4.39 Å². The third-order valence-corrected chi connectivity index (χ3v) is 5.21. The molecule has 0 unspecified atom stereocenters. The normalized spacial score (nSPS) is 15.6. The summed E-state index contributed by atoms with van der Waals surface area (Å²) in [5.41, 5.74) is 7.40. The van der Waals surface area contributed by atoms with E-state index in [4.69, 9.17) is 10.5 Å². The molecule has 0 heterocycles. The molecule has 0 radical (unpaired) electrons. The highest BCUT2D eigenvalue weighted by molar-refractivity contribution is 6.01. The highest BCUT2D eigenvalue weighted by atomic mass is 19.1. The van der Waals surface area contributed by atoms with Gasteiger partial charge in [0.05, 0.1) is 7.11 Å². The van der Waals surface area contributed by atoms with Gasteiger partial charge in [-0.25, -0.2) is 4.39 Å². The third kappa shape index (κ3) is 4.41. The van der Waals surface area contributed by atoms with Gasteiger partial charge in [-0.2, -0.15) is 0 Å². The van der Waals surface area contributed by atoms with Crippen LogP contribution in [0.1, 0.15) is 55.3 Å². The lowest BCUT2D eigenvalue weighted by molar-refractivity contribution is 0.0926. The molecule has 0 aliphatic heterocycles. The van der Waals surface area contributed by atoms with Crippen molar-refractivity contribution in [1.82, 2.24) is 5.32 Å². The Balaban J connectivity index is 1.90. The number of amides is 1. The lowest BCUT2D eigenvalue weighted by atomic mass is 9.96. The van der Waals surface area contributed by atoms with Gasteiger partial charge in [0, 0.05) is 17.3 Å². The Bertz CT molecular complexity index is 785. The Kier molecular flexibility index (Phi) is 6.32. The Labute approximate surface area is 159 Å². The molecular formula is C22H27FN2O2. The Morgan fingerprint density at radius 3 is 2.37 bits per heavy atom. The molecule has 0 aromatic heterocycles. The van der Waals surface area contributed by atoms with Crippen molar-refractivity contribution in [1.29, 1.82) is 0 Å². The van der Waals surface area contributed by atoms with Gasteiger partial charge in [-0.15, -0.1) is 0 Å². The molecule has 1 aliphatic rings. The molecule has 0 bridgehead atoms. The maximum atomic E-state index is 15.2. The summed E-state index contributed by atoms with van der Waals surface area (Å²) in [5.74, 6) is -1.13. The predicted molar refractivity (Wildman–Crippen MR) is 106 cm³/mol. The van der Waals surface area contributed by atoms with E-state index < -0.39 is 11.7 Å². The number of halogens is 1. The standard InChI is InChI=1S/C22H27FN2O2/c1-27-21-17(15-10-6-5-7-11-15)14-18(24)19(20(21)23)22(26)25-16-12-8-3-2-4-9-13-16/h5-7,10-11,14,16H,2-4,8-9,12-13,24H2,1H3,(H,25,26). The minimum Gasteiger partial charge on any atom is -0.493 e. The number of carbonyl (C=O) groups excluding carboxylic acids is 1. The Morgan fingerprint density at radius 1 is 1.11 bits per heavy atom. The summed E-state index contributed by atoms with van der Waals surface area (Å²) in [6.07, 6.45) is 7.63. The molecule has 4 nitrogen and oxygen atoms in total. The molecule has 1 amide bonds. The minimum absolute atomic E-state index is 0.0400. The van der Waals surface area contributed by atoms with Gasteiger partial charge in [0.1, 0.15) is 5.56 Å². The molecule has 1 fully saturated rings. The van der Waals surface area contributed by atoms with Crippen molar-refractivity contribution in [3.63, 3.8) is 0 Å². The summed E-state index contributed by atoms with van der Waals surface area (Å²) in [6, 6.07) is 11.0. The molecule has 1 saturated carbocycles. The van der Waals surface area contributed by atoms with Crippen LogP contribution in [0.3, 0.4) is 0 Å². The van der Waals surface area contributed by atoms with Crippen LogP contribution in [0.25, 0.3) is 11.1 Å². The second-order valence-electron chi connectivity index (χ2n) is 7.12. The average molecular weight is 370 g/mol. The zero-order valence-electron chi connectivity index (χ0n) is 15.8. The number of ether oxygens (including phenoxy) is 1. The summed E-state index contributed by atoms with van der Waals surface area (Å²) >= 11 is 0. The van der Waals surface area contributed by atoms with Gasteiger partial charge in [-0.1, -0.05) is 62.4 Å². The first-order valence-electron chi connectivity index (χ1n) is 9.64. The fourth-order valence-corrected chi connectivity index (χ4v) is 3.77. The lowest BCUT2D eigenvalue weighted by Crippen LogP contribution is -2.36. The van der Waals surface area contributed by atoms with Gasteiger partial charge in [0.25, 0.3) is 5.91 Å². The monoisotopic (exact) mass is 370 g/mol. The van der Waals surface area contributed by atoms with Crippen molar-refractivity contribution in [3.8, 4) is 16.9 Å². The van der Waals surface area contributed by atoms with Crippen LogP contribution in [0, 0.1) is 5.82 Å². The molecule has 1 aliphatic carbocycles. The number of carbonyl (C=O) groups is 1. The highest BCUT2D eigenvalue weighted by Crippen LogP contribution is 2.37. The number of hydrogen-bond acceptors (Lipinski definition) is 3. The maximum Gasteiger partial charge on any atom is 0.256 e. The summed E-state index contributed by atoms with van der Waals surface area (Å²) in [6.45, 7) is 0. The van der Waals surface area contributed by atoms with Crippen LogP contribution in [0.5, 0.6) is 5.75 Å². The smallest absolute Gasteiger partial charge is 0.256 e. The van der Waals surface area contributed by atoms with E-state index in [1.807, 2.05) is 30.3 Å². The van der Waals surface area contributed by atoms with Crippen LogP contribution in [0.15, 0.2) is 36.4 Å². The van der Waals surface area contributed by atoms with Crippen molar-refractivity contribution in [2.24, 2.45) is 0 Å². The lowest BCUT2D eigenvalue weighted by Gasteiger charge is -2.22. The highest BCUT2D eigenvalue weighted by Gasteiger charge is 2.25. The summed E-state index contributed by atoms with van der Waals surface area (Å²) in [5, 5.41) is 2.98. The van der Waals surface area contributed by atoms with E-state index in [1.54, 1.807) is 6.07 Å². The molecule has 3 N–H and O–H groups in total. The second-order valence-corrected chi connectivity index (χ2v) is 7.12. The van der Waals surface area contributed by atoms with Crippen molar-refractivity contribution in [2.75, 3.05) is 12.8 Å². The van der Waals surface area contributed by atoms with Crippen molar-refractivity contribution in [3.05, 3.63) is 47.8 Å². The third-order valence-electron chi connectivity index (χ3n) is 5.21. The maximum absolute atomic E-state index is 15.2. The molecule has 2 aromatic rings. The van der Waals surface area contributed by atoms with Crippen LogP contribution in [0.4, 0.5) is 10.1 Å². The second kappa shape index (κ2) is 8.89. The molecule has 5 heteroatoms. The van der Waals surface area contributed by atoms with Gasteiger partial charge >= 0.3 is 0 Å². The molecule has 144 valence electrons. The number of benzene rings is 2. The Hall–Kier alpha value is -2.56. The number of anilines is 1. The van der Waals surface area contributed by atoms with Gasteiger partial charge < -0.3 is 15.8 Å². The van der Waals surface area contributed by atoms with E-state index in [2.05, 4.69) is 5.32 Å². The van der Waals surface area contributed by atoms with E-state index in [0.29, 0.717) is 5.56 Å².